The number of aliphatic imine (C=N–C) groups is 1. The first-order valence-corrected chi connectivity index (χ1v) is 12.1. The molecular formula is C27H32F2N6O2. The van der Waals surface area contributed by atoms with E-state index in [1.54, 1.807) is 26.2 Å². The molecule has 2 N–H and O–H groups in total. The van der Waals surface area contributed by atoms with Crippen LogP contribution in [0, 0.1) is 17.8 Å². The molecule has 1 fully saturated rings. The molecule has 3 aromatic rings. The highest BCUT2D eigenvalue weighted by atomic mass is 19.1. The van der Waals surface area contributed by atoms with Crippen LogP contribution in [-0.2, 0) is 10.2 Å². The van der Waals surface area contributed by atoms with Crippen molar-refractivity contribution >= 4 is 17.7 Å². The van der Waals surface area contributed by atoms with Crippen LogP contribution in [0.25, 0.3) is 16.7 Å². The number of hydrogen-bond acceptors (Lipinski definition) is 7. The van der Waals surface area contributed by atoms with Gasteiger partial charge in [0.25, 0.3) is 5.89 Å². The summed E-state index contributed by atoms with van der Waals surface area (Å²) in [6.07, 6.45) is 4.75. The fourth-order valence-corrected chi connectivity index (χ4v) is 3.92. The van der Waals surface area contributed by atoms with Crippen LogP contribution in [0.1, 0.15) is 50.9 Å². The second-order valence-electron chi connectivity index (χ2n) is 8.83. The number of carbonyl (C=O) groups excluding carboxylic acids is 1. The van der Waals surface area contributed by atoms with Crippen molar-refractivity contribution in [3.8, 4) is 11.1 Å². The van der Waals surface area contributed by atoms with Crippen LogP contribution in [0.2, 0.25) is 0 Å². The van der Waals surface area contributed by atoms with Gasteiger partial charge in [-0.25, -0.2) is 0 Å². The van der Waals surface area contributed by atoms with E-state index in [4.69, 9.17) is 10.3 Å². The molecule has 1 unspecified atom stereocenters. The lowest BCUT2D eigenvalue weighted by Crippen LogP contribution is -2.28. The molecule has 1 aromatic carbocycles. The second-order valence-corrected chi connectivity index (χ2v) is 8.83. The van der Waals surface area contributed by atoms with Gasteiger partial charge in [0, 0.05) is 32.1 Å². The van der Waals surface area contributed by atoms with Crippen molar-refractivity contribution < 1.29 is 18.1 Å². The highest BCUT2D eigenvalue weighted by Crippen LogP contribution is 2.50. The molecule has 0 saturated heterocycles. The van der Waals surface area contributed by atoms with Gasteiger partial charge in [-0.3, -0.25) is 9.79 Å². The minimum Gasteiger partial charge on any atom is -0.404 e. The topological polar surface area (TPSA) is 110 Å². The van der Waals surface area contributed by atoms with E-state index in [0.29, 0.717) is 22.9 Å². The van der Waals surface area contributed by atoms with Crippen molar-refractivity contribution in [1.82, 2.24) is 20.0 Å². The lowest BCUT2D eigenvalue weighted by atomic mass is 9.76. The van der Waals surface area contributed by atoms with Gasteiger partial charge < -0.3 is 15.2 Å². The normalized spacial score (nSPS) is 15.2. The number of benzene rings is 1. The average Bonchev–Trinajstić information content (AvgIpc) is 3.64. The first-order valence-electron chi connectivity index (χ1n) is 12.1. The third-order valence-electron chi connectivity index (χ3n) is 6.28. The summed E-state index contributed by atoms with van der Waals surface area (Å²) in [6, 6.07) is 9.82. The van der Waals surface area contributed by atoms with Gasteiger partial charge in [0.2, 0.25) is 17.8 Å². The number of aromatic nitrogens is 3. The molecule has 0 bridgehead atoms. The maximum Gasteiger partial charge on any atom is 0.260 e. The monoisotopic (exact) mass is 510 g/mol. The number of carbonyl (C=O) groups is 1. The zero-order valence-corrected chi connectivity index (χ0v) is 21.7. The van der Waals surface area contributed by atoms with Crippen molar-refractivity contribution in [2.24, 2.45) is 16.6 Å². The summed E-state index contributed by atoms with van der Waals surface area (Å²) >= 11 is 0. The maximum absolute atomic E-state index is 14.1. The number of pyridine rings is 1. The molecule has 1 amide bonds. The maximum atomic E-state index is 14.1. The van der Waals surface area contributed by atoms with Gasteiger partial charge in [0.1, 0.15) is 6.54 Å². The number of hydrogen-bond donors (Lipinski definition) is 1. The van der Waals surface area contributed by atoms with Gasteiger partial charge >= 0.3 is 0 Å². The summed E-state index contributed by atoms with van der Waals surface area (Å²) in [6.45, 7) is 6.02. The smallest absolute Gasteiger partial charge is 0.260 e. The third kappa shape index (κ3) is 6.07. The summed E-state index contributed by atoms with van der Waals surface area (Å²) in [5, 5.41) is 4.24. The lowest BCUT2D eigenvalue weighted by molar-refractivity contribution is -0.127. The standard InChI is InChI=1S/C25H26F2N6O2.C2H6/c1-25(18-8-9-18,17-6-4-15(5-7-17)19-10-11-20(26)30-22(19)27)24-31-23(35-32-24)16(12-28)13-29-14-21(34)33(2)3;1-2/h4-7,10-13,18H,8-9,14,28H2,1-3H3;1-2H3/b16-12+,29-13?;. The molecule has 0 radical (unpaired) electrons. The summed E-state index contributed by atoms with van der Waals surface area (Å²) in [5.74, 6) is -0.872. The predicted molar refractivity (Wildman–Crippen MR) is 139 cm³/mol. The Kier molecular flexibility index (Phi) is 8.86. The number of nitrogens with zero attached hydrogens (tertiary/aromatic N) is 5. The highest BCUT2D eigenvalue weighted by Gasteiger charge is 2.47. The molecule has 4 rings (SSSR count). The number of rotatable bonds is 8. The molecule has 10 heteroatoms. The molecule has 37 heavy (non-hydrogen) atoms. The molecule has 1 aliphatic rings. The van der Waals surface area contributed by atoms with E-state index in [9.17, 15) is 13.6 Å². The zero-order chi connectivity index (χ0) is 27.2. The minimum absolute atomic E-state index is 0.0261. The van der Waals surface area contributed by atoms with E-state index in [1.807, 2.05) is 32.9 Å². The van der Waals surface area contributed by atoms with Crippen LogP contribution in [-0.4, -0.2) is 52.8 Å². The molecule has 2 aromatic heterocycles. The molecule has 196 valence electrons. The van der Waals surface area contributed by atoms with Crippen LogP contribution in [0.15, 0.2) is 52.1 Å². The number of halogens is 2. The molecule has 2 heterocycles. The molecule has 0 spiro atoms. The first-order chi connectivity index (χ1) is 17.7. The Hall–Kier alpha value is -3.95. The van der Waals surface area contributed by atoms with Crippen LogP contribution in [0.5, 0.6) is 0 Å². The Morgan fingerprint density at radius 3 is 2.41 bits per heavy atom. The summed E-state index contributed by atoms with van der Waals surface area (Å²) in [4.78, 5) is 25.2. The van der Waals surface area contributed by atoms with Gasteiger partial charge in [-0.1, -0.05) is 43.3 Å². The largest absolute Gasteiger partial charge is 0.404 e. The quantitative estimate of drug-likeness (QED) is 0.350. The van der Waals surface area contributed by atoms with Crippen LogP contribution in [0.3, 0.4) is 0 Å². The van der Waals surface area contributed by atoms with Crippen LogP contribution in [0.4, 0.5) is 8.78 Å². The SMILES string of the molecule is CC.CN(C)C(=O)CN=C/C(=C\N)c1nc(C(C)(c2ccc(-c3ccc(F)nc3F)cc2)C2CC2)no1. The first kappa shape index (κ1) is 27.6. The molecule has 1 atom stereocenters. The van der Waals surface area contributed by atoms with Gasteiger partial charge in [-0.15, -0.1) is 0 Å². The Labute approximate surface area is 215 Å². The second kappa shape index (κ2) is 11.9. The number of amides is 1. The Morgan fingerprint density at radius 1 is 1.16 bits per heavy atom. The number of nitrogens with two attached hydrogens (primary N) is 1. The molecule has 8 nitrogen and oxygen atoms in total. The fourth-order valence-electron chi connectivity index (χ4n) is 3.92. The van der Waals surface area contributed by atoms with Crippen molar-refractivity contribution in [3.05, 3.63) is 71.8 Å². The average molecular weight is 511 g/mol. The van der Waals surface area contributed by atoms with E-state index in [2.05, 4.69) is 20.1 Å². The minimum atomic E-state index is -0.864. The zero-order valence-electron chi connectivity index (χ0n) is 21.7. The van der Waals surface area contributed by atoms with Gasteiger partial charge in [0.05, 0.1) is 11.0 Å². The predicted octanol–water partition coefficient (Wildman–Crippen LogP) is 4.61. The van der Waals surface area contributed by atoms with E-state index in [-0.39, 0.29) is 23.9 Å². The van der Waals surface area contributed by atoms with Crippen molar-refractivity contribution in [3.63, 3.8) is 0 Å². The van der Waals surface area contributed by atoms with E-state index in [0.717, 1.165) is 24.5 Å². The highest BCUT2D eigenvalue weighted by molar-refractivity contribution is 6.08. The van der Waals surface area contributed by atoms with Crippen molar-refractivity contribution in [1.29, 1.82) is 0 Å². The fraction of sp³-hybridized carbons (Fsp3) is 0.370. The van der Waals surface area contributed by atoms with E-state index >= 15 is 0 Å². The van der Waals surface area contributed by atoms with Crippen LogP contribution >= 0.6 is 0 Å². The van der Waals surface area contributed by atoms with Crippen molar-refractivity contribution in [2.45, 2.75) is 39.0 Å². The number of allylic oxidation sites excluding steroid dienone is 1. The third-order valence-corrected chi connectivity index (χ3v) is 6.28. The Bertz CT molecular complexity index is 1280. The van der Waals surface area contributed by atoms with Gasteiger partial charge in [0.15, 0.2) is 5.82 Å². The molecule has 0 aliphatic heterocycles. The van der Waals surface area contributed by atoms with E-state index < -0.39 is 17.3 Å². The Balaban J connectivity index is 0.00000186. The summed E-state index contributed by atoms with van der Waals surface area (Å²) in [5.41, 5.74) is 7.35. The van der Waals surface area contributed by atoms with Gasteiger partial charge in [-0.2, -0.15) is 18.7 Å². The van der Waals surface area contributed by atoms with Gasteiger partial charge in [-0.05, 0) is 48.9 Å². The number of likely N-dealkylation sites (N-methyl/N-ethyl adjacent to an activating group) is 1. The van der Waals surface area contributed by atoms with Crippen LogP contribution < -0.4 is 5.73 Å². The molecular weight excluding hydrogens is 478 g/mol. The Morgan fingerprint density at radius 2 is 1.84 bits per heavy atom. The van der Waals surface area contributed by atoms with E-state index in [1.165, 1.54) is 23.4 Å². The summed E-state index contributed by atoms with van der Waals surface area (Å²) in [7, 11) is 3.31. The lowest BCUT2D eigenvalue weighted by Gasteiger charge is -2.27. The van der Waals surface area contributed by atoms with Crippen molar-refractivity contribution in [2.75, 3.05) is 20.6 Å². The molecule has 1 aliphatic carbocycles. The summed E-state index contributed by atoms with van der Waals surface area (Å²) < 4.78 is 32.8. The molecule has 1 saturated carbocycles.